The number of carbonyl (C=O) groups is 2. The third kappa shape index (κ3) is 5.20. The van der Waals surface area contributed by atoms with Crippen molar-refractivity contribution in [2.45, 2.75) is 25.2 Å². The number of hydrogen-bond acceptors (Lipinski definition) is 5. The second-order valence-electron chi connectivity index (χ2n) is 9.09. The number of fused-ring (bicyclic) bond motifs is 1. The first kappa shape index (κ1) is 24.2. The largest absolute Gasteiger partial charge is 0.464 e. The van der Waals surface area contributed by atoms with Gasteiger partial charge in [-0.2, -0.15) is 0 Å². The molecular formula is C28H24FN3O5. The van der Waals surface area contributed by atoms with Crippen LogP contribution in [0.15, 0.2) is 77.4 Å². The number of hydrogen-bond donors (Lipinski definition) is 1. The maximum atomic E-state index is 14.1. The van der Waals surface area contributed by atoms with E-state index in [4.69, 9.17) is 4.42 Å². The summed E-state index contributed by atoms with van der Waals surface area (Å²) in [5, 5.41) is 14.4. The Bertz CT molecular complexity index is 1470. The number of non-ortho nitro benzene ring substituents is 1. The number of carbonyl (C=O) groups excluding carboxylic acids is 2. The van der Waals surface area contributed by atoms with Crippen LogP contribution in [-0.4, -0.2) is 34.7 Å². The molecule has 0 radical (unpaired) electrons. The normalized spacial score (nSPS) is 14.0. The fraction of sp³-hybridized carbons (Fsp3) is 0.214. The first-order valence-electron chi connectivity index (χ1n) is 12.0. The molecule has 2 heterocycles. The number of benzene rings is 3. The maximum Gasteiger partial charge on any atom is 0.272 e. The molecule has 0 aliphatic carbocycles. The van der Waals surface area contributed by atoms with Gasteiger partial charge in [-0.15, -0.1) is 0 Å². The molecule has 188 valence electrons. The molecular weight excluding hydrogens is 477 g/mol. The molecule has 1 aromatic heterocycles. The average Bonchev–Trinajstić information content (AvgIpc) is 3.39. The number of nitro benzene ring substituents is 1. The molecule has 4 aromatic rings. The minimum absolute atomic E-state index is 0.0264. The lowest BCUT2D eigenvalue weighted by molar-refractivity contribution is -0.385. The minimum Gasteiger partial charge on any atom is -0.464 e. The van der Waals surface area contributed by atoms with Crippen LogP contribution < -0.4 is 5.32 Å². The van der Waals surface area contributed by atoms with Crippen molar-refractivity contribution in [3.63, 3.8) is 0 Å². The van der Waals surface area contributed by atoms with E-state index in [1.165, 1.54) is 12.1 Å². The summed E-state index contributed by atoms with van der Waals surface area (Å²) in [5.41, 5.74) is 2.62. The van der Waals surface area contributed by atoms with Gasteiger partial charge in [-0.3, -0.25) is 19.7 Å². The van der Waals surface area contributed by atoms with Crippen LogP contribution in [0, 0.1) is 15.9 Å². The van der Waals surface area contributed by atoms with Crippen molar-refractivity contribution in [2.24, 2.45) is 0 Å². The quantitative estimate of drug-likeness (QED) is 0.270. The zero-order valence-electron chi connectivity index (χ0n) is 19.9. The summed E-state index contributed by atoms with van der Waals surface area (Å²) in [6.45, 7) is 1.28. The highest BCUT2D eigenvalue weighted by Crippen LogP contribution is 2.30. The number of furan rings is 1. The van der Waals surface area contributed by atoms with Crippen LogP contribution in [0.1, 0.15) is 40.2 Å². The molecule has 1 saturated heterocycles. The average molecular weight is 502 g/mol. The topological polar surface area (TPSA) is 106 Å². The Labute approximate surface area is 211 Å². The zero-order chi connectivity index (χ0) is 25.9. The lowest BCUT2D eigenvalue weighted by Crippen LogP contribution is -2.38. The van der Waals surface area contributed by atoms with Gasteiger partial charge in [0.15, 0.2) is 0 Å². The number of piperidine rings is 1. The second-order valence-corrected chi connectivity index (χ2v) is 9.09. The molecule has 0 spiro atoms. The van der Waals surface area contributed by atoms with Crippen LogP contribution in [0.5, 0.6) is 0 Å². The van der Waals surface area contributed by atoms with Gasteiger partial charge in [-0.05, 0) is 60.2 Å². The Morgan fingerprint density at radius 1 is 1.05 bits per heavy atom. The van der Waals surface area contributed by atoms with Crippen molar-refractivity contribution >= 4 is 34.2 Å². The van der Waals surface area contributed by atoms with E-state index in [9.17, 15) is 24.1 Å². The highest BCUT2D eigenvalue weighted by atomic mass is 19.1. The molecule has 5 rings (SSSR count). The maximum absolute atomic E-state index is 14.1. The number of para-hydroxylation sites is 1. The predicted molar refractivity (Wildman–Crippen MR) is 136 cm³/mol. The molecule has 1 fully saturated rings. The molecule has 37 heavy (non-hydrogen) atoms. The van der Waals surface area contributed by atoms with Gasteiger partial charge in [-0.25, -0.2) is 4.39 Å². The van der Waals surface area contributed by atoms with E-state index < -0.39 is 16.6 Å². The van der Waals surface area contributed by atoms with Gasteiger partial charge in [-0.1, -0.05) is 24.3 Å². The number of anilines is 1. The molecule has 2 amide bonds. The first-order chi connectivity index (χ1) is 17.9. The van der Waals surface area contributed by atoms with Crippen molar-refractivity contribution in [1.29, 1.82) is 0 Å². The fourth-order valence-electron chi connectivity index (χ4n) is 4.76. The summed E-state index contributed by atoms with van der Waals surface area (Å²) in [4.78, 5) is 37.4. The fourth-order valence-corrected chi connectivity index (χ4v) is 4.76. The van der Waals surface area contributed by atoms with Crippen LogP contribution in [0.2, 0.25) is 0 Å². The number of nitrogens with zero attached hydrogens (tertiary/aromatic N) is 2. The third-order valence-corrected chi connectivity index (χ3v) is 6.76. The Kier molecular flexibility index (Phi) is 6.68. The summed E-state index contributed by atoms with van der Waals surface area (Å²) < 4.78 is 19.6. The standard InChI is InChI=1S/C28H24FN3O5/c29-25-17-23(32(35)36)9-6-21(25)16-26(33)30-22-7-4-18(5-8-22)19-10-13-31(14-11-19)28(34)24-3-1-2-20-12-15-37-27(20)24/h1-9,12,15,17,19H,10-11,13-14,16H2,(H,30,33). The highest BCUT2D eigenvalue weighted by Gasteiger charge is 2.26. The Hall–Kier alpha value is -4.53. The molecule has 0 atom stereocenters. The van der Waals surface area contributed by atoms with Crippen LogP contribution in [0.25, 0.3) is 11.0 Å². The van der Waals surface area contributed by atoms with Crippen LogP contribution in [-0.2, 0) is 11.2 Å². The molecule has 0 bridgehead atoms. The van der Waals surface area contributed by atoms with Gasteiger partial charge in [0.2, 0.25) is 5.91 Å². The molecule has 1 N–H and O–H groups in total. The van der Waals surface area contributed by atoms with Crippen molar-refractivity contribution in [2.75, 3.05) is 18.4 Å². The molecule has 0 saturated carbocycles. The summed E-state index contributed by atoms with van der Waals surface area (Å²) >= 11 is 0. The van der Waals surface area contributed by atoms with E-state index in [1.54, 1.807) is 24.5 Å². The van der Waals surface area contributed by atoms with E-state index in [0.29, 0.717) is 35.8 Å². The second kappa shape index (κ2) is 10.2. The SMILES string of the molecule is O=C(Cc1ccc([N+](=O)[O-])cc1F)Nc1ccc(C2CCN(C(=O)c3cccc4ccoc34)CC2)cc1. The Balaban J connectivity index is 1.16. The Morgan fingerprint density at radius 3 is 2.51 bits per heavy atom. The van der Waals surface area contributed by atoms with Crippen molar-refractivity contribution in [1.82, 2.24) is 4.90 Å². The van der Waals surface area contributed by atoms with Gasteiger partial charge >= 0.3 is 0 Å². The number of nitrogens with one attached hydrogen (secondary N) is 1. The van der Waals surface area contributed by atoms with Gasteiger partial charge in [0.05, 0.1) is 29.2 Å². The summed E-state index contributed by atoms with van der Waals surface area (Å²) in [6.07, 6.45) is 3.01. The molecule has 1 aliphatic heterocycles. The minimum atomic E-state index is -0.787. The van der Waals surface area contributed by atoms with E-state index in [2.05, 4.69) is 5.32 Å². The van der Waals surface area contributed by atoms with E-state index >= 15 is 0 Å². The predicted octanol–water partition coefficient (Wildman–Crippen LogP) is 5.68. The van der Waals surface area contributed by atoms with Gasteiger partial charge in [0, 0.05) is 30.2 Å². The smallest absolute Gasteiger partial charge is 0.272 e. The molecule has 8 nitrogen and oxygen atoms in total. The summed E-state index contributed by atoms with van der Waals surface area (Å²) in [7, 11) is 0. The monoisotopic (exact) mass is 501 g/mol. The molecule has 9 heteroatoms. The molecule has 3 aromatic carbocycles. The van der Waals surface area contributed by atoms with Crippen LogP contribution in [0.4, 0.5) is 15.8 Å². The Morgan fingerprint density at radius 2 is 1.81 bits per heavy atom. The van der Waals surface area contributed by atoms with Crippen molar-refractivity contribution < 1.29 is 23.3 Å². The number of nitro groups is 1. The highest BCUT2D eigenvalue weighted by molar-refractivity contribution is 6.04. The molecule has 1 aliphatic rings. The lowest BCUT2D eigenvalue weighted by atomic mass is 9.89. The van der Waals surface area contributed by atoms with Crippen molar-refractivity contribution in [3.8, 4) is 0 Å². The van der Waals surface area contributed by atoms with E-state index in [0.717, 1.165) is 29.9 Å². The number of likely N-dealkylation sites (tertiary alicyclic amines) is 1. The third-order valence-electron chi connectivity index (χ3n) is 6.76. The summed E-state index contributed by atoms with van der Waals surface area (Å²) in [5.74, 6) is -0.937. The van der Waals surface area contributed by atoms with Crippen LogP contribution in [0.3, 0.4) is 0 Å². The number of halogens is 1. The zero-order valence-corrected chi connectivity index (χ0v) is 19.9. The summed E-state index contributed by atoms with van der Waals surface area (Å²) in [6, 6.07) is 18.2. The van der Waals surface area contributed by atoms with Crippen molar-refractivity contribution in [3.05, 3.63) is 106 Å². The van der Waals surface area contributed by atoms with E-state index in [-0.39, 0.29) is 23.6 Å². The first-order valence-corrected chi connectivity index (χ1v) is 12.0. The lowest BCUT2D eigenvalue weighted by Gasteiger charge is -2.32. The van der Waals surface area contributed by atoms with Crippen LogP contribution >= 0.6 is 0 Å². The van der Waals surface area contributed by atoms with E-state index in [1.807, 2.05) is 35.2 Å². The number of amides is 2. The molecule has 0 unspecified atom stereocenters. The van der Waals surface area contributed by atoms with Gasteiger partial charge < -0.3 is 14.6 Å². The van der Waals surface area contributed by atoms with Gasteiger partial charge in [0.25, 0.3) is 11.6 Å². The van der Waals surface area contributed by atoms with Gasteiger partial charge in [0.1, 0.15) is 11.4 Å². The number of rotatable bonds is 6.